The molecular weight excluding hydrogens is 278 g/mol. The number of hydrogen-bond acceptors (Lipinski definition) is 5. The van der Waals surface area contributed by atoms with Gasteiger partial charge in [-0.2, -0.15) is 10.5 Å². The number of ketones is 1. The topological polar surface area (TPSA) is 86.2 Å². The molecular formula is C17H11N3O2. The lowest BCUT2D eigenvalue weighted by Crippen LogP contribution is -2.06. The van der Waals surface area contributed by atoms with Crippen molar-refractivity contribution in [3.63, 3.8) is 0 Å². The molecule has 0 bridgehead atoms. The zero-order valence-electron chi connectivity index (χ0n) is 11.6. The molecule has 106 valence electrons. The fourth-order valence-corrected chi connectivity index (χ4v) is 1.84. The Morgan fingerprint density at radius 3 is 2.32 bits per heavy atom. The summed E-state index contributed by atoms with van der Waals surface area (Å²) in [5.41, 5.74) is 1.34. The van der Waals surface area contributed by atoms with E-state index < -0.39 is 0 Å². The Hall–Kier alpha value is -3.44. The molecule has 2 aromatic carbocycles. The Morgan fingerprint density at radius 2 is 1.64 bits per heavy atom. The summed E-state index contributed by atoms with van der Waals surface area (Å²) >= 11 is 0. The van der Waals surface area contributed by atoms with E-state index in [0.29, 0.717) is 16.7 Å². The predicted molar refractivity (Wildman–Crippen MR) is 79.8 cm³/mol. The summed E-state index contributed by atoms with van der Waals surface area (Å²) < 4.78 is 0. The number of oxime groups is 1. The molecule has 0 saturated carbocycles. The van der Waals surface area contributed by atoms with E-state index in [9.17, 15) is 4.79 Å². The van der Waals surface area contributed by atoms with Crippen molar-refractivity contribution >= 4 is 11.5 Å². The number of nitrogens with zero attached hydrogens (tertiary/aromatic N) is 3. The van der Waals surface area contributed by atoms with Crippen molar-refractivity contribution in [1.29, 1.82) is 10.5 Å². The quantitative estimate of drug-likeness (QED) is 0.481. The number of nitriles is 2. The molecule has 0 aliphatic carbocycles. The van der Waals surface area contributed by atoms with Crippen LogP contribution in [-0.4, -0.2) is 11.5 Å². The third-order valence-electron chi connectivity index (χ3n) is 2.89. The van der Waals surface area contributed by atoms with Gasteiger partial charge in [0.2, 0.25) is 0 Å². The van der Waals surface area contributed by atoms with E-state index in [2.05, 4.69) is 5.16 Å². The zero-order valence-corrected chi connectivity index (χ0v) is 11.6. The highest BCUT2D eigenvalue weighted by Crippen LogP contribution is 2.15. The molecule has 0 heterocycles. The Kier molecular flexibility index (Phi) is 5.01. The second-order valence-electron chi connectivity index (χ2n) is 4.29. The fourth-order valence-electron chi connectivity index (χ4n) is 1.84. The van der Waals surface area contributed by atoms with Crippen molar-refractivity contribution in [2.24, 2.45) is 5.16 Å². The molecule has 0 aliphatic rings. The van der Waals surface area contributed by atoms with Gasteiger partial charge in [0.05, 0.1) is 0 Å². The third kappa shape index (κ3) is 3.56. The summed E-state index contributed by atoms with van der Waals surface area (Å²) in [7, 11) is 0. The van der Waals surface area contributed by atoms with Crippen LogP contribution in [0.4, 0.5) is 0 Å². The molecule has 0 N–H and O–H groups in total. The lowest BCUT2D eigenvalue weighted by molar-refractivity contribution is 0.102. The van der Waals surface area contributed by atoms with Crippen LogP contribution in [0.2, 0.25) is 0 Å². The zero-order chi connectivity index (χ0) is 15.8. The minimum absolute atomic E-state index is 0.00159. The van der Waals surface area contributed by atoms with Crippen LogP contribution < -0.4 is 0 Å². The van der Waals surface area contributed by atoms with E-state index in [1.54, 1.807) is 60.7 Å². The fraction of sp³-hybridized carbons (Fsp3) is 0.0588. The third-order valence-corrected chi connectivity index (χ3v) is 2.89. The maximum Gasteiger partial charge on any atom is 0.256 e. The highest BCUT2D eigenvalue weighted by molar-refractivity contribution is 6.10. The first kappa shape index (κ1) is 15.0. The molecule has 0 radical (unpaired) electrons. The second kappa shape index (κ2) is 7.37. The van der Waals surface area contributed by atoms with Gasteiger partial charge in [-0.15, -0.1) is 0 Å². The van der Waals surface area contributed by atoms with Crippen LogP contribution in [0.5, 0.6) is 0 Å². The van der Waals surface area contributed by atoms with Crippen molar-refractivity contribution in [1.82, 2.24) is 0 Å². The van der Waals surface area contributed by atoms with Crippen LogP contribution in [-0.2, 0) is 11.4 Å². The van der Waals surface area contributed by atoms with Gasteiger partial charge in [0.1, 0.15) is 18.7 Å². The van der Waals surface area contributed by atoms with E-state index in [1.165, 1.54) is 0 Å². The molecule has 2 aromatic rings. The molecule has 0 fully saturated rings. The summed E-state index contributed by atoms with van der Waals surface area (Å²) in [5, 5.41) is 20.6. The molecule has 0 atom stereocenters. The van der Waals surface area contributed by atoms with E-state index in [1.807, 2.05) is 6.07 Å². The van der Waals surface area contributed by atoms with Gasteiger partial charge in [-0.05, 0) is 0 Å². The monoisotopic (exact) mass is 289 g/mol. The molecule has 5 nitrogen and oxygen atoms in total. The minimum atomic E-state index is -0.369. The molecule has 0 unspecified atom stereocenters. The van der Waals surface area contributed by atoms with Gasteiger partial charge in [0.15, 0.2) is 5.78 Å². The molecule has 0 aromatic heterocycles. The summed E-state index contributed by atoms with van der Waals surface area (Å²) in [4.78, 5) is 17.5. The van der Waals surface area contributed by atoms with Crippen molar-refractivity contribution in [3.05, 3.63) is 71.3 Å². The van der Waals surface area contributed by atoms with Crippen molar-refractivity contribution < 1.29 is 9.63 Å². The normalized spacial score (nSPS) is 9.18. The highest BCUT2D eigenvalue weighted by Gasteiger charge is 2.13. The first-order valence-corrected chi connectivity index (χ1v) is 6.44. The summed E-state index contributed by atoms with van der Waals surface area (Å²) in [6, 6.07) is 19.1. The van der Waals surface area contributed by atoms with Crippen molar-refractivity contribution in [2.45, 2.75) is 6.61 Å². The van der Waals surface area contributed by atoms with Crippen LogP contribution in [0.15, 0.2) is 59.8 Å². The average Bonchev–Trinajstić information content (AvgIpc) is 2.59. The second-order valence-corrected chi connectivity index (χ2v) is 4.29. The molecule has 0 aliphatic heterocycles. The highest BCUT2D eigenvalue weighted by atomic mass is 16.6. The van der Waals surface area contributed by atoms with Gasteiger partial charge in [-0.25, -0.2) is 0 Å². The van der Waals surface area contributed by atoms with Crippen molar-refractivity contribution in [2.75, 3.05) is 0 Å². The summed E-state index contributed by atoms with van der Waals surface area (Å²) in [6.45, 7) is 0.00159. The summed E-state index contributed by atoms with van der Waals surface area (Å²) in [5.74, 6) is -0.121. The number of carbonyl (C=O) groups excluding carboxylic acids is 1. The largest absolute Gasteiger partial charge is 0.389 e. The lowest BCUT2D eigenvalue weighted by atomic mass is 9.99. The molecule has 0 spiro atoms. The Morgan fingerprint density at radius 1 is 1.00 bits per heavy atom. The summed E-state index contributed by atoms with van der Waals surface area (Å²) in [6.07, 6.45) is 0. The maximum absolute atomic E-state index is 12.5. The van der Waals surface area contributed by atoms with E-state index >= 15 is 0 Å². The SMILES string of the molecule is N#CC(C#N)=NOCc1ccccc1C(=O)c1ccccc1. The van der Waals surface area contributed by atoms with Crippen molar-refractivity contribution in [3.8, 4) is 12.1 Å². The minimum Gasteiger partial charge on any atom is -0.389 e. The van der Waals surface area contributed by atoms with Gasteiger partial charge in [-0.3, -0.25) is 4.79 Å². The molecule has 0 saturated heterocycles. The molecule has 22 heavy (non-hydrogen) atoms. The Bertz CT molecular complexity index is 768. The Labute approximate surface area is 127 Å². The first-order valence-electron chi connectivity index (χ1n) is 6.44. The van der Waals surface area contributed by atoms with E-state index in [-0.39, 0.29) is 18.1 Å². The maximum atomic E-state index is 12.5. The molecule has 5 heteroatoms. The number of rotatable bonds is 5. The number of carbonyl (C=O) groups is 1. The van der Waals surface area contributed by atoms with Crippen LogP contribution >= 0.6 is 0 Å². The van der Waals surface area contributed by atoms with Gasteiger partial charge in [0.25, 0.3) is 5.71 Å². The standard InChI is InChI=1S/C17H11N3O2/c18-10-15(11-19)20-22-12-14-8-4-5-9-16(14)17(21)13-6-2-1-3-7-13/h1-9H,12H2. The Balaban J connectivity index is 2.21. The van der Waals surface area contributed by atoms with Crippen LogP contribution in [0.3, 0.4) is 0 Å². The van der Waals surface area contributed by atoms with Gasteiger partial charge in [0, 0.05) is 16.7 Å². The van der Waals surface area contributed by atoms with E-state index in [4.69, 9.17) is 15.4 Å². The predicted octanol–water partition coefficient (Wildman–Crippen LogP) is 2.84. The van der Waals surface area contributed by atoms with Crippen LogP contribution in [0.25, 0.3) is 0 Å². The van der Waals surface area contributed by atoms with E-state index in [0.717, 1.165) is 0 Å². The average molecular weight is 289 g/mol. The van der Waals surface area contributed by atoms with Gasteiger partial charge in [-0.1, -0.05) is 59.8 Å². The van der Waals surface area contributed by atoms with Gasteiger partial charge < -0.3 is 4.84 Å². The smallest absolute Gasteiger partial charge is 0.256 e. The first-order chi connectivity index (χ1) is 10.8. The number of benzene rings is 2. The molecule has 0 amide bonds. The van der Waals surface area contributed by atoms with Crippen LogP contribution in [0.1, 0.15) is 21.5 Å². The van der Waals surface area contributed by atoms with Gasteiger partial charge >= 0.3 is 0 Å². The lowest BCUT2D eigenvalue weighted by Gasteiger charge is -2.07. The number of hydrogen-bond donors (Lipinski definition) is 0. The van der Waals surface area contributed by atoms with Crippen LogP contribution in [0, 0.1) is 22.7 Å². The molecule has 2 rings (SSSR count).